The van der Waals surface area contributed by atoms with Gasteiger partial charge in [-0.1, -0.05) is 15.9 Å². The summed E-state index contributed by atoms with van der Waals surface area (Å²) in [4.78, 5) is 0. The van der Waals surface area contributed by atoms with Gasteiger partial charge in [0, 0.05) is 10.9 Å². The molecular formula is C11H13BrO3. The number of methoxy groups -OCH3 is 1. The molecule has 0 aliphatic carbocycles. The molecule has 0 amide bonds. The number of benzene rings is 1. The van der Waals surface area contributed by atoms with Crippen LogP contribution < -0.4 is 9.47 Å². The molecule has 2 rings (SSSR count). The van der Waals surface area contributed by atoms with Crippen molar-refractivity contribution in [2.24, 2.45) is 0 Å². The maximum atomic E-state index is 5.78. The molecule has 1 saturated heterocycles. The van der Waals surface area contributed by atoms with Crippen molar-refractivity contribution in [3.8, 4) is 11.5 Å². The molecule has 0 saturated carbocycles. The minimum Gasteiger partial charge on any atom is -0.493 e. The van der Waals surface area contributed by atoms with E-state index in [2.05, 4.69) is 15.9 Å². The average Bonchev–Trinajstić information content (AvgIpc) is 2.73. The largest absolute Gasteiger partial charge is 0.493 e. The van der Waals surface area contributed by atoms with E-state index in [4.69, 9.17) is 14.2 Å². The topological polar surface area (TPSA) is 27.7 Å². The highest BCUT2D eigenvalue weighted by molar-refractivity contribution is 9.10. The molecule has 1 aromatic rings. The second kappa shape index (κ2) is 4.86. The summed E-state index contributed by atoms with van der Waals surface area (Å²) in [7, 11) is 1.64. The van der Waals surface area contributed by atoms with E-state index in [0.29, 0.717) is 6.61 Å². The van der Waals surface area contributed by atoms with Crippen molar-refractivity contribution in [1.82, 2.24) is 0 Å². The van der Waals surface area contributed by atoms with E-state index in [1.165, 1.54) is 0 Å². The highest BCUT2D eigenvalue weighted by Crippen LogP contribution is 2.31. The normalized spacial score (nSPS) is 20.3. The monoisotopic (exact) mass is 272 g/mol. The van der Waals surface area contributed by atoms with Crippen LogP contribution in [-0.4, -0.2) is 26.4 Å². The quantitative estimate of drug-likeness (QED) is 0.847. The lowest BCUT2D eigenvalue weighted by Crippen LogP contribution is -2.16. The number of ether oxygens (including phenoxy) is 3. The Bertz CT molecular complexity index is 335. The molecule has 1 atom stereocenters. The molecule has 0 radical (unpaired) electrons. The predicted octanol–water partition coefficient (Wildman–Crippen LogP) is 2.63. The fraction of sp³-hybridized carbons (Fsp3) is 0.455. The highest BCUT2D eigenvalue weighted by atomic mass is 79.9. The molecule has 1 heterocycles. The van der Waals surface area contributed by atoms with Gasteiger partial charge in [0.2, 0.25) is 0 Å². The molecule has 4 heteroatoms. The number of hydrogen-bond donors (Lipinski definition) is 0. The van der Waals surface area contributed by atoms with E-state index in [9.17, 15) is 0 Å². The number of halogens is 1. The Kier molecular flexibility index (Phi) is 3.49. The molecule has 1 aliphatic rings. The van der Waals surface area contributed by atoms with Gasteiger partial charge >= 0.3 is 0 Å². The first-order valence-electron chi connectivity index (χ1n) is 4.87. The number of hydrogen-bond acceptors (Lipinski definition) is 3. The Hall–Kier alpha value is -0.740. The molecule has 15 heavy (non-hydrogen) atoms. The smallest absolute Gasteiger partial charge is 0.161 e. The van der Waals surface area contributed by atoms with Crippen LogP contribution in [0.2, 0.25) is 0 Å². The van der Waals surface area contributed by atoms with E-state index >= 15 is 0 Å². The van der Waals surface area contributed by atoms with Crippen LogP contribution in [0.3, 0.4) is 0 Å². The molecule has 1 unspecified atom stereocenters. The third-order valence-electron chi connectivity index (χ3n) is 2.31. The summed E-state index contributed by atoms with van der Waals surface area (Å²) in [5, 5.41) is 0. The van der Waals surface area contributed by atoms with Gasteiger partial charge in [-0.05, 0) is 18.2 Å². The molecular weight excluding hydrogens is 260 g/mol. The molecule has 82 valence electrons. The lowest BCUT2D eigenvalue weighted by Gasteiger charge is -2.14. The van der Waals surface area contributed by atoms with Crippen LogP contribution in [0.4, 0.5) is 0 Å². The lowest BCUT2D eigenvalue weighted by atomic mass is 10.3. The van der Waals surface area contributed by atoms with Gasteiger partial charge in [0.25, 0.3) is 0 Å². The van der Waals surface area contributed by atoms with E-state index in [1.54, 1.807) is 7.11 Å². The van der Waals surface area contributed by atoms with Gasteiger partial charge in [-0.2, -0.15) is 0 Å². The van der Waals surface area contributed by atoms with Crippen LogP contribution in [0.1, 0.15) is 6.42 Å². The van der Waals surface area contributed by atoms with Gasteiger partial charge in [-0.25, -0.2) is 0 Å². The zero-order chi connectivity index (χ0) is 10.7. The van der Waals surface area contributed by atoms with Crippen molar-refractivity contribution >= 4 is 15.9 Å². The van der Waals surface area contributed by atoms with Crippen molar-refractivity contribution in [3.05, 3.63) is 22.7 Å². The van der Waals surface area contributed by atoms with E-state index in [-0.39, 0.29) is 6.10 Å². The van der Waals surface area contributed by atoms with E-state index in [1.807, 2.05) is 18.2 Å². The fourth-order valence-electron chi connectivity index (χ4n) is 1.52. The van der Waals surface area contributed by atoms with Crippen LogP contribution in [0.15, 0.2) is 22.7 Å². The number of rotatable bonds is 3. The first kappa shape index (κ1) is 10.8. The molecule has 1 aliphatic heterocycles. The highest BCUT2D eigenvalue weighted by Gasteiger charge is 2.18. The van der Waals surface area contributed by atoms with Gasteiger partial charge in [-0.3, -0.25) is 0 Å². The van der Waals surface area contributed by atoms with Crippen LogP contribution in [0, 0.1) is 0 Å². The maximum Gasteiger partial charge on any atom is 0.161 e. The Morgan fingerprint density at radius 2 is 2.27 bits per heavy atom. The minimum absolute atomic E-state index is 0.153. The van der Waals surface area contributed by atoms with Crippen molar-refractivity contribution < 1.29 is 14.2 Å². The standard InChI is InChI=1S/C11H13BrO3/c1-13-11-6-8(12)2-3-10(11)15-9-4-5-14-7-9/h2-3,6,9H,4-5,7H2,1H3. The third kappa shape index (κ3) is 2.63. The van der Waals surface area contributed by atoms with Crippen LogP contribution in [-0.2, 0) is 4.74 Å². The SMILES string of the molecule is COc1cc(Br)ccc1OC1CCOC1. The summed E-state index contributed by atoms with van der Waals surface area (Å²) in [5.74, 6) is 1.52. The zero-order valence-electron chi connectivity index (χ0n) is 8.53. The second-order valence-corrected chi connectivity index (χ2v) is 4.31. The van der Waals surface area contributed by atoms with Crippen LogP contribution in [0.25, 0.3) is 0 Å². The Labute approximate surface area is 97.5 Å². The van der Waals surface area contributed by atoms with Crippen molar-refractivity contribution in [2.45, 2.75) is 12.5 Å². The van der Waals surface area contributed by atoms with E-state index < -0.39 is 0 Å². The summed E-state index contributed by atoms with van der Waals surface area (Å²) < 4.78 is 17.3. The van der Waals surface area contributed by atoms with Gasteiger partial charge in [0.15, 0.2) is 11.5 Å². The molecule has 0 N–H and O–H groups in total. The summed E-state index contributed by atoms with van der Waals surface area (Å²) >= 11 is 3.39. The van der Waals surface area contributed by atoms with Gasteiger partial charge in [0.05, 0.1) is 20.3 Å². The van der Waals surface area contributed by atoms with Crippen LogP contribution in [0.5, 0.6) is 11.5 Å². The predicted molar refractivity (Wildman–Crippen MR) is 60.5 cm³/mol. The Morgan fingerprint density at radius 1 is 1.40 bits per heavy atom. The molecule has 0 spiro atoms. The molecule has 0 bridgehead atoms. The summed E-state index contributed by atoms with van der Waals surface area (Å²) in [6.45, 7) is 1.45. The minimum atomic E-state index is 0.153. The first-order chi connectivity index (χ1) is 7.29. The molecule has 1 fully saturated rings. The lowest BCUT2D eigenvalue weighted by molar-refractivity contribution is 0.138. The summed E-state index contributed by atoms with van der Waals surface area (Å²) in [5.41, 5.74) is 0. The average molecular weight is 273 g/mol. The van der Waals surface area contributed by atoms with Gasteiger partial charge < -0.3 is 14.2 Å². The van der Waals surface area contributed by atoms with Crippen molar-refractivity contribution in [1.29, 1.82) is 0 Å². The molecule has 0 aromatic heterocycles. The second-order valence-electron chi connectivity index (χ2n) is 3.40. The Morgan fingerprint density at radius 3 is 2.93 bits per heavy atom. The summed E-state index contributed by atoms with van der Waals surface area (Å²) in [6.07, 6.45) is 1.10. The van der Waals surface area contributed by atoms with Crippen LogP contribution >= 0.6 is 15.9 Å². The van der Waals surface area contributed by atoms with Crippen molar-refractivity contribution in [3.63, 3.8) is 0 Å². The van der Waals surface area contributed by atoms with Crippen molar-refractivity contribution in [2.75, 3.05) is 20.3 Å². The van der Waals surface area contributed by atoms with E-state index in [0.717, 1.165) is 29.0 Å². The summed E-state index contributed by atoms with van der Waals surface area (Å²) in [6, 6.07) is 5.74. The zero-order valence-corrected chi connectivity index (χ0v) is 10.1. The van der Waals surface area contributed by atoms with Gasteiger partial charge in [0.1, 0.15) is 6.10 Å². The van der Waals surface area contributed by atoms with Gasteiger partial charge in [-0.15, -0.1) is 0 Å². The maximum absolute atomic E-state index is 5.78. The third-order valence-corrected chi connectivity index (χ3v) is 2.80. The molecule has 1 aromatic carbocycles. The Balaban J connectivity index is 2.12. The molecule has 3 nitrogen and oxygen atoms in total. The first-order valence-corrected chi connectivity index (χ1v) is 5.67. The fourth-order valence-corrected chi connectivity index (χ4v) is 1.86.